The predicted molar refractivity (Wildman–Crippen MR) is 116 cm³/mol. The quantitative estimate of drug-likeness (QED) is 0.590. The number of rotatable bonds is 4. The Balaban J connectivity index is 1.59. The molecule has 3 aromatic carbocycles. The summed E-state index contributed by atoms with van der Waals surface area (Å²) in [6, 6.07) is 20.3. The van der Waals surface area contributed by atoms with Crippen molar-refractivity contribution in [2.24, 2.45) is 11.5 Å². The van der Waals surface area contributed by atoms with Crippen molar-refractivity contribution < 1.29 is 9.47 Å². The number of fused-ring (bicyclic) bond motifs is 2. The van der Waals surface area contributed by atoms with E-state index in [4.69, 9.17) is 20.9 Å². The predicted octanol–water partition coefficient (Wildman–Crippen LogP) is 5.37. The van der Waals surface area contributed by atoms with E-state index in [-0.39, 0.29) is 5.41 Å². The number of hydrogen-bond acceptors (Lipinski definition) is 4. The lowest BCUT2D eigenvalue weighted by molar-refractivity contribution is -0.00847. The van der Waals surface area contributed by atoms with Gasteiger partial charge in [-0.3, -0.25) is 0 Å². The molecular weight excluding hydrogens is 360 g/mol. The van der Waals surface area contributed by atoms with Crippen LogP contribution in [0.4, 0.5) is 0 Å². The lowest BCUT2D eigenvalue weighted by Crippen LogP contribution is -2.26. The largest absolute Gasteiger partial charge is 0.457 e. The van der Waals surface area contributed by atoms with Crippen LogP contribution in [0.1, 0.15) is 59.7 Å². The molecule has 1 heterocycles. The van der Waals surface area contributed by atoms with E-state index in [1.807, 2.05) is 56.3 Å². The summed E-state index contributed by atoms with van der Waals surface area (Å²) in [4.78, 5) is 0. The fourth-order valence-electron chi connectivity index (χ4n) is 4.14. The molecule has 29 heavy (non-hydrogen) atoms. The van der Waals surface area contributed by atoms with Gasteiger partial charge in [0, 0.05) is 16.5 Å². The van der Waals surface area contributed by atoms with Crippen LogP contribution in [0.2, 0.25) is 0 Å². The van der Waals surface area contributed by atoms with E-state index in [9.17, 15) is 0 Å². The molecule has 0 aliphatic carbocycles. The van der Waals surface area contributed by atoms with Crippen LogP contribution in [0.25, 0.3) is 0 Å². The van der Waals surface area contributed by atoms with E-state index >= 15 is 0 Å². The molecule has 4 heteroatoms. The summed E-state index contributed by atoms with van der Waals surface area (Å²) >= 11 is 0. The van der Waals surface area contributed by atoms with Gasteiger partial charge in [-0.1, -0.05) is 73.5 Å². The molecule has 4 N–H and O–H groups in total. The minimum atomic E-state index is -0.653. The first-order valence-corrected chi connectivity index (χ1v) is 9.92. The lowest BCUT2D eigenvalue weighted by Gasteiger charge is -2.35. The Morgan fingerprint density at radius 2 is 1.38 bits per heavy atom. The average molecular weight is 389 g/mol. The maximum atomic E-state index is 6.35. The number of hydrogen-bond donors (Lipinski definition) is 2. The standard InChI is InChI=1S/C25H28N2O2/c1-15-11-16(2)13-18(12-15)24(27)29-23(26)17-9-10-20-22(14-17)28-21-8-6-5-7-19(21)25(20,3)4/h5-14,23-24H,26-27H2,1-4H3. The molecule has 0 spiro atoms. The van der Waals surface area contributed by atoms with Gasteiger partial charge in [-0.15, -0.1) is 0 Å². The van der Waals surface area contributed by atoms with Gasteiger partial charge in [-0.2, -0.15) is 0 Å². The molecule has 2 atom stereocenters. The van der Waals surface area contributed by atoms with Crippen LogP contribution < -0.4 is 16.2 Å². The second kappa shape index (κ2) is 7.30. The van der Waals surface area contributed by atoms with Crippen molar-refractivity contribution in [2.45, 2.75) is 45.6 Å². The van der Waals surface area contributed by atoms with Crippen LogP contribution >= 0.6 is 0 Å². The fraction of sp³-hybridized carbons (Fsp3) is 0.280. The third-order valence-electron chi connectivity index (χ3n) is 5.65. The van der Waals surface area contributed by atoms with Crippen LogP contribution in [0, 0.1) is 13.8 Å². The van der Waals surface area contributed by atoms with Gasteiger partial charge in [0.05, 0.1) is 0 Å². The van der Waals surface area contributed by atoms with Gasteiger partial charge in [-0.25, -0.2) is 0 Å². The molecule has 0 fully saturated rings. The second-order valence-corrected chi connectivity index (χ2v) is 8.38. The van der Waals surface area contributed by atoms with Crippen LogP contribution in [-0.4, -0.2) is 0 Å². The van der Waals surface area contributed by atoms with Crippen LogP contribution in [0.5, 0.6) is 11.5 Å². The molecule has 0 bridgehead atoms. The summed E-state index contributed by atoms with van der Waals surface area (Å²) < 4.78 is 12.1. The molecular formula is C25H28N2O2. The minimum absolute atomic E-state index is 0.150. The summed E-state index contributed by atoms with van der Waals surface area (Å²) in [5.41, 5.74) is 18.8. The Morgan fingerprint density at radius 3 is 2.10 bits per heavy atom. The molecule has 0 aromatic heterocycles. The number of nitrogens with two attached hydrogens (primary N) is 2. The molecule has 4 nitrogen and oxygen atoms in total. The van der Waals surface area contributed by atoms with E-state index in [0.717, 1.165) is 39.3 Å². The summed E-state index contributed by atoms with van der Waals surface area (Å²) in [6.45, 7) is 8.51. The van der Waals surface area contributed by atoms with Crippen molar-refractivity contribution in [3.05, 3.63) is 94.0 Å². The summed E-state index contributed by atoms with van der Waals surface area (Å²) in [6.07, 6.45) is -1.25. The van der Waals surface area contributed by atoms with Crippen molar-refractivity contribution in [3.8, 4) is 11.5 Å². The minimum Gasteiger partial charge on any atom is -0.457 e. The Morgan fingerprint density at radius 1 is 0.759 bits per heavy atom. The van der Waals surface area contributed by atoms with E-state index in [0.29, 0.717) is 0 Å². The van der Waals surface area contributed by atoms with E-state index < -0.39 is 12.5 Å². The molecule has 150 valence electrons. The topological polar surface area (TPSA) is 70.5 Å². The first-order valence-electron chi connectivity index (χ1n) is 9.92. The molecule has 0 amide bonds. The highest BCUT2D eigenvalue weighted by Gasteiger charge is 2.34. The molecule has 0 saturated heterocycles. The van der Waals surface area contributed by atoms with Crippen LogP contribution in [0.15, 0.2) is 60.7 Å². The maximum absolute atomic E-state index is 6.35. The molecule has 1 aliphatic rings. The molecule has 0 saturated carbocycles. The zero-order chi connectivity index (χ0) is 20.8. The van der Waals surface area contributed by atoms with E-state index in [1.54, 1.807) is 0 Å². The lowest BCUT2D eigenvalue weighted by atomic mass is 9.75. The second-order valence-electron chi connectivity index (χ2n) is 8.38. The Kier molecular flexibility index (Phi) is 4.95. The molecule has 0 radical (unpaired) electrons. The van der Waals surface area contributed by atoms with Gasteiger partial charge in [0.25, 0.3) is 0 Å². The Hall–Kier alpha value is -2.66. The molecule has 2 unspecified atom stereocenters. The summed E-state index contributed by atoms with van der Waals surface area (Å²) in [5.74, 6) is 1.69. The highest BCUT2D eigenvalue weighted by Crippen LogP contribution is 2.48. The van der Waals surface area contributed by atoms with Crippen LogP contribution in [-0.2, 0) is 10.2 Å². The number of aryl methyl sites for hydroxylation is 2. The monoisotopic (exact) mass is 388 g/mol. The number of ether oxygens (including phenoxy) is 2. The third kappa shape index (κ3) is 3.67. The van der Waals surface area contributed by atoms with Gasteiger partial charge in [0.2, 0.25) is 0 Å². The fourth-order valence-corrected chi connectivity index (χ4v) is 4.14. The zero-order valence-electron chi connectivity index (χ0n) is 17.4. The van der Waals surface area contributed by atoms with Crippen molar-refractivity contribution in [3.63, 3.8) is 0 Å². The van der Waals surface area contributed by atoms with Crippen molar-refractivity contribution >= 4 is 0 Å². The van der Waals surface area contributed by atoms with Crippen molar-refractivity contribution in [1.29, 1.82) is 0 Å². The van der Waals surface area contributed by atoms with Crippen molar-refractivity contribution in [2.75, 3.05) is 0 Å². The molecule has 3 aromatic rings. The first kappa shape index (κ1) is 19.6. The van der Waals surface area contributed by atoms with Gasteiger partial charge < -0.3 is 20.9 Å². The normalized spacial score (nSPS) is 16.3. The van der Waals surface area contributed by atoms with Crippen LogP contribution in [0.3, 0.4) is 0 Å². The summed E-state index contributed by atoms with van der Waals surface area (Å²) in [5, 5.41) is 0. The Labute approximate surface area is 172 Å². The van der Waals surface area contributed by atoms with E-state index in [1.165, 1.54) is 5.56 Å². The average Bonchev–Trinajstić information content (AvgIpc) is 2.67. The maximum Gasteiger partial charge on any atom is 0.134 e. The highest BCUT2D eigenvalue weighted by atomic mass is 16.5. The first-order chi connectivity index (χ1) is 13.8. The molecule has 4 rings (SSSR count). The SMILES string of the molecule is Cc1cc(C)cc(C(N)OC(N)c2ccc3c(c2)Oc2ccccc2C3(C)C)c1. The van der Waals surface area contributed by atoms with Gasteiger partial charge in [-0.05, 0) is 37.1 Å². The zero-order valence-corrected chi connectivity index (χ0v) is 17.4. The van der Waals surface area contributed by atoms with E-state index in [2.05, 4.69) is 32.0 Å². The third-order valence-corrected chi connectivity index (χ3v) is 5.65. The number of benzene rings is 3. The highest BCUT2D eigenvalue weighted by molar-refractivity contribution is 5.57. The molecule has 1 aliphatic heterocycles. The van der Waals surface area contributed by atoms with Crippen molar-refractivity contribution in [1.82, 2.24) is 0 Å². The summed E-state index contributed by atoms with van der Waals surface area (Å²) in [7, 11) is 0. The van der Waals surface area contributed by atoms with Gasteiger partial charge in [0.15, 0.2) is 0 Å². The number of para-hydroxylation sites is 1. The Bertz CT molecular complexity index is 1040. The van der Waals surface area contributed by atoms with Gasteiger partial charge >= 0.3 is 0 Å². The van der Waals surface area contributed by atoms with Gasteiger partial charge in [0.1, 0.15) is 24.0 Å². The smallest absolute Gasteiger partial charge is 0.134 e.